The van der Waals surface area contributed by atoms with Crippen molar-refractivity contribution in [2.75, 3.05) is 13.2 Å². The minimum atomic E-state index is -0.328. The van der Waals surface area contributed by atoms with Crippen LogP contribution < -0.4 is 5.32 Å². The third-order valence-corrected chi connectivity index (χ3v) is 5.62. The lowest BCUT2D eigenvalue weighted by Crippen LogP contribution is -2.38. The average Bonchev–Trinajstić information content (AvgIpc) is 3.31. The van der Waals surface area contributed by atoms with E-state index >= 15 is 0 Å². The van der Waals surface area contributed by atoms with Crippen LogP contribution in [0.4, 0.5) is 0 Å². The number of pyridine rings is 1. The van der Waals surface area contributed by atoms with Crippen molar-refractivity contribution in [1.29, 1.82) is 0 Å². The molecule has 3 heterocycles. The van der Waals surface area contributed by atoms with E-state index in [0.717, 1.165) is 17.5 Å². The van der Waals surface area contributed by atoms with Crippen molar-refractivity contribution in [2.45, 2.75) is 38.5 Å². The molecule has 0 spiro atoms. The Kier molecular flexibility index (Phi) is 5.39. The van der Waals surface area contributed by atoms with Gasteiger partial charge in [0.1, 0.15) is 0 Å². The summed E-state index contributed by atoms with van der Waals surface area (Å²) in [6, 6.07) is 11.8. The summed E-state index contributed by atoms with van der Waals surface area (Å²) in [5.41, 5.74) is 3.12. The number of likely N-dealkylation sites (tertiary alicyclic amines) is 1. The highest BCUT2D eigenvalue weighted by atomic mass is 16.5. The van der Waals surface area contributed by atoms with Crippen LogP contribution in [-0.4, -0.2) is 47.0 Å². The number of benzene rings is 1. The molecule has 0 radical (unpaired) electrons. The molecule has 0 unspecified atom stereocenters. The molecular weight excluding hydrogens is 354 g/mol. The number of amides is 2. The van der Waals surface area contributed by atoms with E-state index in [4.69, 9.17) is 4.74 Å². The van der Waals surface area contributed by atoms with E-state index < -0.39 is 0 Å². The molecule has 1 aromatic heterocycles. The molecule has 4 rings (SSSR count). The van der Waals surface area contributed by atoms with Crippen molar-refractivity contribution < 1.29 is 14.3 Å². The van der Waals surface area contributed by atoms with E-state index in [1.807, 2.05) is 48.2 Å². The first-order valence-corrected chi connectivity index (χ1v) is 9.75. The van der Waals surface area contributed by atoms with Crippen molar-refractivity contribution in [3.63, 3.8) is 0 Å². The first-order valence-electron chi connectivity index (χ1n) is 9.75. The lowest BCUT2D eigenvalue weighted by Gasteiger charge is -2.22. The second-order valence-electron chi connectivity index (χ2n) is 7.59. The summed E-state index contributed by atoms with van der Waals surface area (Å²) in [4.78, 5) is 31.6. The van der Waals surface area contributed by atoms with Crippen LogP contribution in [0.3, 0.4) is 0 Å². The SMILES string of the molecule is Cc1ccc(CC(=O)N2C[C@H](C(=O)NCc3cccnc3)[C@H]3OCC[C@@H]32)cc1. The van der Waals surface area contributed by atoms with E-state index in [0.29, 0.717) is 26.1 Å². The Morgan fingerprint density at radius 1 is 1.21 bits per heavy atom. The van der Waals surface area contributed by atoms with Crippen molar-refractivity contribution >= 4 is 11.8 Å². The highest BCUT2D eigenvalue weighted by Crippen LogP contribution is 2.34. The molecule has 0 bridgehead atoms. The summed E-state index contributed by atoms with van der Waals surface area (Å²) in [6.07, 6.45) is 4.37. The topological polar surface area (TPSA) is 71.5 Å². The monoisotopic (exact) mass is 379 g/mol. The Morgan fingerprint density at radius 3 is 2.79 bits per heavy atom. The van der Waals surface area contributed by atoms with Gasteiger partial charge in [-0.1, -0.05) is 35.9 Å². The Bertz CT molecular complexity index is 838. The van der Waals surface area contributed by atoms with E-state index in [9.17, 15) is 9.59 Å². The van der Waals surface area contributed by atoms with Gasteiger partial charge in [0.2, 0.25) is 11.8 Å². The molecule has 2 aliphatic rings. The van der Waals surface area contributed by atoms with Gasteiger partial charge in [0.05, 0.1) is 24.5 Å². The fourth-order valence-corrected chi connectivity index (χ4v) is 4.09. The third-order valence-electron chi connectivity index (χ3n) is 5.62. The Labute approximate surface area is 164 Å². The van der Waals surface area contributed by atoms with Crippen LogP contribution in [0.15, 0.2) is 48.8 Å². The lowest BCUT2D eigenvalue weighted by atomic mass is 10.0. The fraction of sp³-hybridized carbons (Fsp3) is 0.409. The summed E-state index contributed by atoms with van der Waals surface area (Å²) in [5.74, 6) is -0.329. The zero-order valence-electron chi connectivity index (χ0n) is 16.0. The number of hydrogen-bond acceptors (Lipinski definition) is 4. The molecule has 2 aliphatic heterocycles. The third kappa shape index (κ3) is 3.92. The highest BCUT2D eigenvalue weighted by molar-refractivity contribution is 5.84. The van der Waals surface area contributed by atoms with Gasteiger partial charge in [0.25, 0.3) is 0 Å². The number of carbonyl (C=O) groups is 2. The molecule has 6 nitrogen and oxygen atoms in total. The maximum Gasteiger partial charge on any atom is 0.227 e. The van der Waals surface area contributed by atoms with Crippen molar-refractivity contribution in [3.05, 3.63) is 65.5 Å². The average molecular weight is 379 g/mol. The fourth-order valence-electron chi connectivity index (χ4n) is 4.09. The summed E-state index contributed by atoms with van der Waals surface area (Å²) in [5, 5.41) is 2.97. The zero-order valence-corrected chi connectivity index (χ0v) is 16.0. The van der Waals surface area contributed by atoms with E-state index in [1.54, 1.807) is 12.4 Å². The molecule has 2 aromatic rings. The second-order valence-corrected chi connectivity index (χ2v) is 7.59. The summed E-state index contributed by atoms with van der Waals surface area (Å²) in [7, 11) is 0. The van der Waals surface area contributed by atoms with Gasteiger partial charge >= 0.3 is 0 Å². The molecule has 1 N–H and O–H groups in total. The predicted octanol–water partition coefficient (Wildman–Crippen LogP) is 1.86. The Balaban J connectivity index is 1.40. The molecule has 3 atom stereocenters. The number of aryl methyl sites for hydroxylation is 1. The predicted molar refractivity (Wildman–Crippen MR) is 104 cm³/mol. The van der Waals surface area contributed by atoms with Gasteiger partial charge in [0, 0.05) is 32.1 Å². The van der Waals surface area contributed by atoms with Gasteiger partial charge in [-0.25, -0.2) is 0 Å². The molecule has 6 heteroatoms. The molecule has 2 saturated heterocycles. The van der Waals surface area contributed by atoms with Crippen LogP contribution in [0.1, 0.15) is 23.1 Å². The van der Waals surface area contributed by atoms with Crippen LogP contribution in [0.5, 0.6) is 0 Å². The van der Waals surface area contributed by atoms with Gasteiger partial charge in [-0.15, -0.1) is 0 Å². The van der Waals surface area contributed by atoms with Gasteiger partial charge in [-0.3, -0.25) is 14.6 Å². The highest BCUT2D eigenvalue weighted by Gasteiger charge is 2.50. The number of nitrogens with zero attached hydrogens (tertiary/aromatic N) is 2. The van der Waals surface area contributed by atoms with Crippen molar-refractivity contribution in [1.82, 2.24) is 15.2 Å². The number of carbonyl (C=O) groups excluding carboxylic acids is 2. The van der Waals surface area contributed by atoms with Gasteiger partial charge in [-0.05, 0) is 30.5 Å². The second kappa shape index (κ2) is 8.10. The summed E-state index contributed by atoms with van der Waals surface area (Å²) < 4.78 is 5.84. The maximum absolute atomic E-state index is 12.9. The van der Waals surface area contributed by atoms with E-state index in [2.05, 4.69) is 10.3 Å². The summed E-state index contributed by atoms with van der Waals surface area (Å²) in [6.45, 7) is 3.47. The minimum Gasteiger partial charge on any atom is -0.375 e. The largest absolute Gasteiger partial charge is 0.375 e. The van der Waals surface area contributed by atoms with Crippen molar-refractivity contribution in [3.8, 4) is 0 Å². The Hall–Kier alpha value is -2.73. The quantitative estimate of drug-likeness (QED) is 0.861. The molecule has 1 aromatic carbocycles. The number of hydrogen-bond donors (Lipinski definition) is 1. The maximum atomic E-state index is 12.9. The lowest BCUT2D eigenvalue weighted by molar-refractivity contribution is -0.131. The van der Waals surface area contributed by atoms with Crippen LogP contribution >= 0.6 is 0 Å². The van der Waals surface area contributed by atoms with E-state index in [1.165, 1.54) is 5.56 Å². The first-order chi connectivity index (χ1) is 13.6. The molecule has 0 saturated carbocycles. The van der Waals surface area contributed by atoms with Crippen LogP contribution in [0.25, 0.3) is 0 Å². The van der Waals surface area contributed by atoms with Gasteiger partial charge < -0.3 is 15.0 Å². The zero-order chi connectivity index (χ0) is 19.5. The smallest absolute Gasteiger partial charge is 0.227 e. The van der Waals surface area contributed by atoms with E-state index in [-0.39, 0.29) is 29.9 Å². The number of rotatable bonds is 5. The van der Waals surface area contributed by atoms with Gasteiger partial charge in [0.15, 0.2) is 0 Å². The van der Waals surface area contributed by atoms with Crippen LogP contribution in [0, 0.1) is 12.8 Å². The molecule has 0 aliphatic carbocycles. The number of fused-ring (bicyclic) bond motifs is 1. The van der Waals surface area contributed by atoms with Gasteiger partial charge in [-0.2, -0.15) is 0 Å². The van der Waals surface area contributed by atoms with Crippen LogP contribution in [-0.2, 0) is 27.3 Å². The first kappa shape index (κ1) is 18.6. The normalized spacial score (nSPS) is 23.5. The standard InChI is InChI=1S/C22H25N3O3/c1-15-4-6-16(7-5-15)11-20(26)25-14-18(21-19(25)8-10-28-21)22(27)24-13-17-3-2-9-23-12-17/h2-7,9,12,18-19,21H,8,10-11,13-14H2,1H3,(H,24,27)/t18-,19-,21+/m0/s1. The molecule has 2 amide bonds. The molecule has 28 heavy (non-hydrogen) atoms. The molecule has 2 fully saturated rings. The number of aromatic nitrogens is 1. The van der Waals surface area contributed by atoms with Crippen molar-refractivity contribution in [2.24, 2.45) is 5.92 Å². The number of ether oxygens (including phenoxy) is 1. The Morgan fingerprint density at radius 2 is 2.04 bits per heavy atom. The number of nitrogens with one attached hydrogen (secondary N) is 1. The molecular formula is C22H25N3O3. The van der Waals surface area contributed by atoms with Crippen LogP contribution in [0.2, 0.25) is 0 Å². The molecule has 146 valence electrons. The summed E-state index contributed by atoms with van der Waals surface area (Å²) >= 11 is 0. The minimum absolute atomic E-state index is 0.00732.